The normalized spacial score (nSPS) is 24.0. The Morgan fingerprint density at radius 3 is 0.600 bits per heavy atom. The molecule has 0 radical (unpaired) electrons. The van der Waals surface area contributed by atoms with Crippen LogP contribution in [0, 0.1) is 0 Å². The highest BCUT2D eigenvalue weighted by atomic mass is 33.1. The predicted octanol–water partition coefficient (Wildman–Crippen LogP) is 5.31. The van der Waals surface area contributed by atoms with Gasteiger partial charge in [0.15, 0.2) is 0 Å². The van der Waals surface area contributed by atoms with E-state index >= 15 is 0 Å². The molecule has 3 fully saturated rings. The molecular formula is C9H18S6. The summed E-state index contributed by atoms with van der Waals surface area (Å²) in [6.45, 7) is 0. The van der Waals surface area contributed by atoms with Crippen LogP contribution in [0.25, 0.3) is 0 Å². The van der Waals surface area contributed by atoms with Gasteiger partial charge in [0.05, 0.1) is 0 Å². The largest absolute Gasteiger partial charge is 0.0941 e. The molecule has 6 heteroatoms. The fraction of sp³-hybridized carbons (Fsp3) is 1.00. The minimum absolute atomic E-state index is 1.38. The van der Waals surface area contributed by atoms with Crippen LogP contribution in [0.2, 0.25) is 0 Å². The first-order valence-corrected chi connectivity index (χ1v) is 12.7. The first kappa shape index (κ1) is 15.2. The summed E-state index contributed by atoms with van der Waals surface area (Å²) in [6, 6.07) is 0. The SMILES string of the molecule is C1CSSC1.C1CSSC1.C1CSSC1. The van der Waals surface area contributed by atoms with Crippen LogP contribution in [0.5, 0.6) is 0 Å². The topological polar surface area (TPSA) is 0 Å². The maximum absolute atomic E-state index is 1.99. The van der Waals surface area contributed by atoms with Gasteiger partial charge in [-0.1, -0.05) is 64.8 Å². The van der Waals surface area contributed by atoms with Crippen LogP contribution in [0.4, 0.5) is 0 Å². The zero-order valence-corrected chi connectivity index (χ0v) is 13.7. The fourth-order valence-corrected chi connectivity index (χ4v) is 7.95. The van der Waals surface area contributed by atoms with Crippen LogP contribution >= 0.6 is 64.8 Å². The molecule has 0 unspecified atom stereocenters. The van der Waals surface area contributed by atoms with Gasteiger partial charge in [-0.3, -0.25) is 0 Å². The van der Waals surface area contributed by atoms with Gasteiger partial charge in [-0.15, -0.1) is 0 Å². The van der Waals surface area contributed by atoms with E-state index in [0.717, 1.165) is 0 Å². The van der Waals surface area contributed by atoms with Crippen LogP contribution < -0.4 is 0 Å². The minimum Gasteiger partial charge on any atom is -0.0941 e. The highest BCUT2D eigenvalue weighted by Gasteiger charge is 1.97. The second kappa shape index (κ2) is 12.6. The Bertz CT molecular complexity index is 73.2. The van der Waals surface area contributed by atoms with E-state index in [1.807, 2.05) is 64.8 Å². The van der Waals surface area contributed by atoms with Gasteiger partial charge in [0, 0.05) is 34.5 Å². The highest BCUT2D eigenvalue weighted by molar-refractivity contribution is 8.77. The van der Waals surface area contributed by atoms with Crippen molar-refractivity contribution in [3.63, 3.8) is 0 Å². The minimum atomic E-state index is 1.38. The molecule has 0 aliphatic carbocycles. The Morgan fingerprint density at radius 2 is 0.533 bits per heavy atom. The molecule has 0 aromatic heterocycles. The van der Waals surface area contributed by atoms with E-state index in [0.29, 0.717) is 0 Å². The molecule has 3 aliphatic heterocycles. The number of hydrogen-bond acceptors (Lipinski definition) is 6. The second-order valence-corrected chi connectivity index (χ2v) is 11.1. The van der Waals surface area contributed by atoms with E-state index in [1.54, 1.807) is 0 Å². The predicted molar refractivity (Wildman–Crippen MR) is 88.6 cm³/mol. The lowest BCUT2D eigenvalue weighted by molar-refractivity contribution is 1.15. The molecule has 0 nitrogen and oxygen atoms in total. The summed E-state index contributed by atoms with van der Waals surface area (Å²) < 4.78 is 0. The van der Waals surface area contributed by atoms with Crippen LogP contribution in [0.3, 0.4) is 0 Å². The van der Waals surface area contributed by atoms with Crippen molar-refractivity contribution in [3.05, 3.63) is 0 Å². The zero-order valence-electron chi connectivity index (χ0n) is 8.81. The van der Waals surface area contributed by atoms with E-state index in [-0.39, 0.29) is 0 Å². The summed E-state index contributed by atoms with van der Waals surface area (Å²) in [7, 11) is 11.9. The van der Waals surface area contributed by atoms with Crippen molar-refractivity contribution in [2.24, 2.45) is 0 Å². The third-order valence-corrected chi connectivity index (χ3v) is 9.35. The molecule has 0 aromatic rings. The van der Waals surface area contributed by atoms with Gasteiger partial charge in [0.25, 0.3) is 0 Å². The smallest absolute Gasteiger partial charge is 0.00450 e. The molecule has 0 bridgehead atoms. The Hall–Kier alpha value is 2.10. The van der Waals surface area contributed by atoms with Gasteiger partial charge in [0.2, 0.25) is 0 Å². The van der Waals surface area contributed by atoms with Crippen molar-refractivity contribution in [1.29, 1.82) is 0 Å². The molecule has 0 spiro atoms. The summed E-state index contributed by atoms with van der Waals surface area (Å²) in [5.74, 6) is 8.28. The van der Waals surface area contributed by atoms with Gasteiger partial charge in [-0.25, -0.2) is 0 Å². The highest BCUT2D eigenvalue weighted by Crippen LogP contribution is 2.30. The number of rotatable bonds is 0. The van der Waals surface area contributed by atoms with E-state index in [1.165, 1.54) is 53.8 Å². The third-order valence-electron chi connectivity index (χ3n) is 1.62. The molecule has 3 aliphatic rings. The maximum Gasteiger partial charge on any atom is 0.00450 e. The molecule has 0 amide bonds. The van der Waals surface area contributed by atoms with Gasteiger partial charge in [-0.05, 0) is 19.3 Å². The van der Waals surface area contributed by atoms with E-state index < -0.39 is 0 Å². The van der Waals surface area contributed by atoms with Crippen LogP contribution in [0.1, 0.15) is 19.3 Å². The van der Waals surface area contributed by atoms with Gasteiger partial charge in [-0.2, -0.15) is 0 Å². The lowest BCUT2D eigenvalue weighted by Crippen LogP contribution is -1.63. The van der Waals surface area contributed by atoms with Crippen molar-refractivity contribution in [2.75, 3.05) is 34.5 Å². The van der Waals surface area contributed by atoms with Crippen LogP contribution in [-0.4, -0.2) is 34.5 Å². The standard InChI is InChI=1S/3C3H6S2/c3*1-2-4-5-3-1/h3*1-3H2. The average Bonchev–Trinajstić information content (AvgIpc) is 3.09. The first-order valence-electron chi connectivity index (χ1n) is 5.23. The van der Waals surface area contributed by atoms with Crippen LogP contribution in [-0.2, 0) is 0 Å². The Balaban J connectivity index is 0.000000112. The second-order valence-electron chi connectivity index (χ2n) is 2.99. The zero-order chi connectivity index (χ0) is 10.6. The molecule has 90 valence electrons. The molecule has 15 heavy (non-hydrogen) atoms. The van der Waals surface area contributed by atoms with Gasteiger partial charge >= 0.3 is 0 Å². The van der Waals surface area contributed by atoms with Crippen molar-refractivity contribution in [2.45, 2.75) is 19.3 Å². The summed E-state index contributed by atoms with van der Waals surface area (Å²) >= 11 is 0. The lowest BCUT2D eigenvalue weighted by Gasteiger charge is -1.69. The summed E-state index contributed by atoms with van der Waals surface area (Å²) in [5, 5.41) is 0. The monoisotopic (exact) mass is 318 g/mol. The quantitative estimate of drug-likeness (QED) is 0.551. The molecule has 3 rings (SSSR count). The average molecular weight is 319 g/mol. The van der Waals surface area contributed by atoms with Crippen LogP contribution in [0.15, 0.2) is 0 Å². The molecule has 3 saturated heterocycles. The fourth-order valence-electron chi connectivity index (χ4n) is 0.884. The third kappa shape index (κ3) is 10.9. The molecule has 0 saturated carbocycles. The van der Waals surface area contributed by atoms with Crippen molar-refractivity contribution >= 4 is 64.8 Å². The first-order chi connectivity index (χ1) is 7.50. The van der Waals surface area contributed by atoms with Gasteiger partial charge < -0.3 is 0 Å². The molecule has 0 aromatic carbocycles. The summed E-state index contributed by atoms with van der Waals surface area (Å²) in [5.41, 5.74) is 0. The van der Waals surface area contributed by atoms with Gasteiger partial charge in [0.1, 0.15) is 0 Å². The van der Waals surface area contributed by atoms with Crippen molar-refractivity contribution in [1.82, 2.24) is 0 Å². The number of hydrogen-bond donors (Lipinski definition) is 0. The lowest BCUT2D eigenvalue weighted by atomic mass is 10.6. The summed E-state index contributed by atoms with van der Waals surface area (Å²) in [6.07, 6.45) is 4.28. The Kier molecular flexibility index (Phi) is 12.7. The Labute approximate surface area is 118 Å². The van der Waals surface area contributed by atoms with Crippen molar-refractivity contribution in [3.8, 4) is 0 Å². The molecule has 0 N–H and O–H groups in total. The molecule has 0 atom stereocenters. The molecular weight excluding hydrogens is 301 g/mol. The van der Waals surface area contributed by atoms with E-state index in [9.17, 15) is 0 Å². The van der Waals surface area contributed by atoms with E-state index in [2.05, 4.69) is 0 Å². The summed E-state index contributed by atoms with van der Waals surface area (Å²) in [4.78, 5) is 0. The van der Waals surface area contributed by atoms with E-state index in [4.69, 9.17) is 0 Å². The molecule has 3 heterocycles. The Morgan fingerprint density at radius 1 is 0.333 bits per heavy atom. The maximum atomic E-state index is 1.99. The van der Waals surface area contributed by atoms with Crippen molar-refractivity contribution < 1.29 is 0 Å².